The molecule has 0 fully saturated rings. The van der Waals surface area contributed by atoms with Gasteiger partial charge in [-0.3, -0.25) is 4.68 Å². The van der Waals surface area contributed by atoms with Crippen molar-refractivity contribution in [2.45, 2.75) is 51.6 Å². The number of fused-ring (bicyclic) bond motifs is 1. The summed E-state index contributed by atoms with van der Waals surface area (Å²) >= 11 is 0. The zero-order valence-electron chi connectivity index (χ0n) is 13.0. The van der Waals surface area contributed by atoms with Crippen LogP contribution in [0, 0.1) is 5.92 Å². The zero-order valence-corrected chi connectivity index (χ0v) is 13.0. The van der Waals surface area contributed by atoms with Crippen LogP contribution in [0.25, 0.3) is 0 Å². The maximum Gasteiger partial charge on any atom is 0.0640 e. The maximum absolute atomic E-state index is 6.46. The number of aromatic nitrogens is 2. The Kier molecular flexibility index (Phi) is 4.11. The van der Waals surface area contributed by atoms with Crippen molar-refractivity contribution < 1.29 is 0 Å². The lowest BCUT2D eigenvalue weighted by atomic mass is 9.94. The van der Waals surface area contributed by atoms with E-state index in [1.54, 1.807) is 0 Å². The van der Waals surface area contributed by atoms with Gasteiger partial charge in [0.25, 0.3) is 0 Å². The number of hydrogen-bond acceptors (Lipinski definition) is 2. The Morgan fingerprint density at radius 2 is 1.90 bits per heavy atom. The first-order chi connectivity index (χ1) is 10.2. The van der Waals surface area contributed by atoms with E-state index >= 15 is 0 Å². The molecule has 1 heterocycles. The highest BCUT2D eigenvalue weighted by Gasteiger charge is 2.26. The van der Waals surface area contributed by atoms with E-state index in [2.05, 4.69) is 60.2 Å². The molecule has 0 radical (unpaired) electrons. The molecule has 1 aromatic carbocycles. The average molecular weight is 283 g/mol. The summed E-state index contributed by atoms with van der Waals surface area (Å²) in [6.07, 6.45) is 6.29. The van der Waals surface area contributed by atoms with E-state index in [1.807, 2.05) is 0 Å². The second-order valence-corrected chi connectivity index (χ2v) is 6.35. The molecule has 21 heavy (non-hydrogen) atoms. The van der Waals surface area contributed by atoms with Gasteiger partial charge in [-0.1, -0.05) is 31.2 Å². The second-order valence-electron chi connectivity index (χ2n) is 6.35. The third kappa shape index (κ3) is 3.03. The molecule has 3 nitrogen and oxygen atoms in total. The summed E-state index contributed by atoms with van der Waals surface area (Å²) in [7, 11) is 0. The largest absolute Gasteiger partial charge is 0.327 e. The minimum Gasteiger partial charge on any atom is -0.327 e. The van der Waals surface area contributed by atoms with Gasteiger partial charge in [0.1, 0.15) is 0 Å². The summed E-state index contributed by atoms with van der Waals surface area (Å²) in [5, 5.41) is 4.68. The summed E-state index contributed by atoms with van der Waals surface area (Å²) in [6, 6.07) is 11.5. The van der Waals surface area contributed by atoms with E-state index in [0.717, 1.165) is 31.4 Å². The highest BCUT2D eigenvalue weighted by Crippen LogP contribution is 2.29. The summed E-state index contributed by atoms with van der Waals surface area (Å²) in [5.41, 5.74) is 10.5. The standard InChI is InChI=1S/C18H25N3/c1-3-13(2)21-9-8-17(20-21)12-18(19)16-10-14-6-4-5-7-15(14)11-16/h4-9,13,16,18H,3,10-12,19H2,1-2H3. The molecular weight excluding hydrogens is 258 g/mol. The summed E-state index contributed by atoms with van der Waals surface area (Å²) in [6.45, 7) is 4.39. The molecule has 2 atom stereocenters. The van der Waals surface area contributed by atoms with Gasteiger partial charge in [-0.15, -0.1) is 0 Å². The number of rotatable bonds is 5. The lowest BCUT2D eigenvalue weighted by Gasteiger charge is -2.17. The Hall–Kier alpha value is -1.61. The van der Waals surface area contributed by atoms with E-state index in [9.17, 15) is 0 Å². The van der Waals surface area contributed by atoms with E-state index in [0.29, 0.717) is 12.0 Å². The van der Waals surface area contributed by atoms with Crippen molar-refractivity contribution >= 4 is 0 Å². The lowest BCUT2D eigenvalue weighted by molar-refractivity contribution is 0.426. The summed E-state index contributed by atoms with van der Waals surface area (Å²) < 4.78 is 2.06. The maximum atomic E-state index is 6.46. The fourth-order valence-electron chi connectivity index (χ4n) is 3.22. The Morgan fingerprint density at radius 3 is 2.52 bits per heavy atom. The zero-order chi connectivity index (χ0) is 14.8. The number of nitrogens with two attached hydrogens (primary N) is 1. The quantitative estimate of drug-likeness (QED) is 0.916. The Bertz CT molecular complexity index is 577. The Morgan fingerprint density at radius 1 is 1.24 bits per heavy atom. The van der Waals surface area contributed by atoms with Gasteiger partial charge in [0.05, 0.1) is 5.69 Å². The minimum absolute atomic E-state index is 0.192. The molecule has 0 amide bonds. The first kappa shape index (κ1) is 14.3. The van der Waals surface area contributed by atoms with Crippen LogP contribution in [0.3, 0.4) is 0 Å². The van der Waals surface area contributed by atoms with Gasteiger partial charge in [-0.25, -0.2) is 0 Å². The van der Waals surface area contributed by atoms with Crippen LogP contribution in [0.4, 0.5) is 0 Å². The van der Waals surface area contributed by atoms with Crippen molar-refractivity contribution in [2.24, 2.45) is 11.7 Å². The molecule has 0 bridgehead atoms. The average Bonchev–Trinajstić information content (AvgIpc) is 3.12. The van der Waals surface area contributed by atoms with Crippen LogP contribution >= 0.6 is 0 Å². The van der Waals surface area contributed by atoms with Crippen LogP contribution in [0.1, 0.15) is 43.1 Å². The topological polar surface area (TPSA) is 43.8 Å². The highest BCUT2D eigenvalue weighted by molar-refractivity contribution is 5.32. The highest BCUT2D eigenvalue weighted by atomic mass is 15.3. The van der Waals surface area contributed by atoms with Gasteiger partial charge in [0, 0.05) is 24.7 Å². The van der Waals surface area contributed by atoms with Crippen molar-refractivity contribution in [1.29, 1.82) is 0 Å². The monoisotopic (exact) mass is 283 g/mol. The van der Waals surface area contributed by atoms with Gasteiger partial charge >= 0.3 is 0 Å². The van der Waals surface area contributed by atoms with E-state index in [-0.39, 0.29) is 6.04 Å². The molecule has 3 heteroatoms. The number of benzene rings is 1. The lowest BCUT2D eigenvalue weighted by Crippen LogP contribution is -2.33. The van der Waals surface area contributed by atoms with Crippen LogP contribution in [0.15, 0.2) is 36.5 Å². The summed E-state index contributed by atoms with van der Waals surface area (Å²) in [4.78, 5) is 0. The van der Waals surface area contributed by atoms with Crippen molar-refractivity contribution in [2.75, 3.05) is 0 Å². The van der Waals surface area contributed by atoms with Crippen molar-refractivity contribution in [3.63, 3.8) is 0 Å². The van der Waals surface area contributed by atoms with Crippen molar-refractivity contribution in [3.8, 4) is 0 Å². The second kappa shape index (κ2) is 6.02. The SMILES string of the molecule is CCC(C)n1ccc(CC(N)C2Cc3ccccc3C2)n1. The summed E-state index contributed by atoms with van der Waals surface area (Å²) in [5.74, 6) is 0.552. The molecule has 2 N–H and O–H groups in total. The minimum atomic E-state index is 0.192. The van der Waals surface area contributed by atoms with Gasteiger partial charge in [-0.2, -0.15) is 5.10 Å². The van der Waals surface area contributed by atoms with Gasteiger partial charge in [0.2, 0.25) is 0 Å². The van der Waals surface area contributed by atoms with E-state index in [1.165, 1.54) is 11.1 Å². The van der Waals surface area contributed by atoms with Gasteiger partial charge < -0.3 is 5.73 Å². The van der Waals surface area contributed by atoms with Crippen molar-refractivity contribution in [1.82, 2.24) is 9.78 Å². The van der Waals surface area contributed by atoms with Crippen LogP contribution in [0.5, 0.6) is 0 Å². The molecule has 2 unspecified atom stereocenters. The third-order valence-corrected chi connectivity index (χ3v) is 4.84. The van der Waals surface area contributed by atoms with Crippen LogP contribution < -0.4 is 5.73 Å². The molecule has 0 spiro atoms. The number of nitrogens with zero attached hydrogens (tertiary/aromatic N) is 2. The van der Waals surface area contributed by atoms with Gasteiger partial charge in [-0.05, 0) is 49.3 Å². The molecular formula is C18H25N3. The van der Waals surface area contributed by atoms with Crippen LogP contribution in [0.2, 0.25) is 0 Å². The van der Waals surface area contributed by atoms with Crippen LogP contribution in [-0.2, 0) is 19.3 Å². The third-order valence-electron chi connectivity index (χ3n) is 4.84. The number of hydrogen-bond donors (Lipinski definition) is 1. The molecule has 1 aliphatic carbocycles. The molecule has 0 saturated carbocycles. The first-order valence-electron chi connectivity index (χ1n) is 8.03. The molecule has 2 aromatic rings. The molecule has 112 valence electrons. The molecule has 3 rings (SSSR count). The smallest absolute Gasteiger partial charge is 0.0640 e. The van der Waals surface area contributed by atoms with Crippen LogP contribution in [-0.4, -0.2) is 15.8 Å². The molecule has 0 aliphatic heterocycles. The Labute approximate surface area is 127 Å². The predicted octanol–water partition coefficient (Wildman–Crippen LogP) is 3.14. The van der Waals surface area contributed by atoms with E-state index in [4.69, 9.17) is 5.73 Å². The molecule has 1 aliphatic rings. The predicted molar refractivity (Wildman–Crippen MR) is 86.2 cm³/mol. The molecule has 0 saturated heterocycles. The first-order valence-corrected chi connectivity index (χ1v) is 8.03. The normalized spacial score (nSPS) is 17.7. The van der Waals surface area contributed by atoms with Gasteiger partial charge in [0.15, 0.2) is 0 Å². The fraction of sp³-hybridized carbons (Fsp3) is 0.500. The van der Waals surface area contributed by atoms with E-state index < -0.39 is 0 Å². The molecule has 1 aromatic heterocycles. The fourth-order valence-corrected chi connectivity index (χ4v) is 3.22. The van der Waals surface area contributed by atoms with Crippen molar-refractivity contribution in [3.05, 3.63) is 53.3 Å². The Balaban J connectivity index is 1.63.